The highest BCUT2D eigenvalue weighted by Crippen LogP contribution is 2.38. The van der Waals surface area contributed by atoms with Gasteiger partial charge in [-0.25, -0.2) is 5.48 Å². The molecule has 0 spiro atoms. The fourth-order valence-electron chi connectivity index (χ4n) is 4.96. The second-order valence-electron chi connectivity index (χ2n) is 10.2. The predicted molar refractivity (Wildman–Crippen MR) is 145 cm³/mol. The van der Waals surface area contributed by atoms with Crippen LogP contribution < -0.4 is 10.8 Å². The minimum absolute atomic E-state index is 0.0175. The molecule has 1 aliphatic heterocycles. The van der Waals surface area contributed by atoms with E-state index in [9.17, 15) is 19.8 Å². The summed E-state index contributed by atoms with van der Waals surface area (Å²) in [5.74, 6) is 0.163. The van der Waals surface area contributed by atoms with Crippen molar-refractivity contribution >= 4 is 11.8 Å². The normalized spacial score (nSPS) is 14.1. The van der Waals surface area contributed by atoms with Gasteiger partial charge in [-0.05, 0) is 60.4 Å². The van der Waals surface area contributed by atoms with Gasteiger partial charge in [0.1, 0.15) is 11.5 Å². The lowest BCUT2D eigenvalue weighted by molar-refractivity contribution is -0.130. The molecule has 39 heavy (non-hydrogen) atoms. The monoisotopic (exact) mass is 536 g/mol. The SMILES string of the molecule is CC(=O)N1CCC(Cc2ccc(-n3c(C(=O)NCCNO)nnc3-c3cc(C(C)C)c(O)cc3O)cc2)CC1. The summed E-state index contributed by atoms with van der Waals surface area (Å²) in [6, 6.07) is 10.7. The van der Waals surface area contributed by atoms with Gasteiger partial charge in [0.05, 0.1) is 5.56 Å². The molecule has 1 aromatic heterocycles. The lowest BCUT2D eigenvalue weighted by Crippen LogP contribution is -2.37. The quantitative estimate of drug-likeness (QED) is 0.207. The molecule has 2 amide bonds. The number of hydrogen-bond donors (Lipinski definition) is 5. The number of phenolic OH excluding ortho intramolecular Hbond substituents is 2. The zero-order chi connectivity index (χ0) is 28.1. The Labute approximate surface area is 227 Å². The van der Waals surface area contributed by atoms with Gasteiger partial charge in [0.25, 0.3) is 5.91 Å². The number of rotatable bonds is 9. The van der Waals surface area contributed by atoms with Crippen molar-refractivity contribution in [2.75, 3.05) is 26.2 Å². The predicted octanol–water partition coefficient (Wildman–Crippen LogP) is 2.98. The van der Waals surface area contributed by atoms with Gasteiger partial charge in [0.2, 0.25) is 11.7 Å². The number of carbonyl (C=O) groups is 2. The first-order chi connectivity index (χ1) is 18.7. The van der Waals surface area contributed by atoms with Crippen molar-refractivity contribution in [3.63, 3.8) is 0 Å². The Bertz CT molecular complexity index is 1310. The van der Waals surface area contributed by atoms with Crippen LogP contribution in [0.3, 0.4) is 0 Å². The minimum Gasteiger partial charge on any atom is -0.508 e. The highest BCUT2D eigenvalue weighted by Gasteiger charge is 2.25. The number of likely N-dealkylation sites (tertiary alicyclic amines) is 1. The number of amides is 2. The smallest absolute Gasteiger partial charge is 0.289 e. The third kappa shape index (κ3) is 6.37. The van der Waals surface area contributed by atoms with Gasteiger partial charge in [-0.1, -0.05) is 26.0 Å². The number of phenols is 2. The van der Waals surface area contributed by atoms with Crippen molar-refractivity contribution in [1.82, 2.24) is 30.5 Å². The van der Waals surface area contributed by atoms with Crippen LogP contribution in [0.4, 0.5) is 0 Å². The zero-order valence-corrected chi connectivity index (χ0v) is 22.5. The number of hydroxylamine groups is 1. The first-order valence-corrected chi connectivity index (χ1v) is 13.2. The van der Waals surface area contributed by atoms with E-state index in [1.165, 1.54) is 6.07 Å². The largest absolute Gasteiger partial charge is 0.508 e. The van der Waals surface area contributed by atoms with Crippen LogP contribution in [0.25, 0.3) is 17.1 Å². The molecule has 1 aliphatic rings. The maximum Gasteiger partial charge on any atom is 0.289 e. The number of aromatic hydroxyl groups is 2. The van der Waals surface area contributed by atoms with E-state index in [1.54, 1.807) is 17.6 Å². The summed E-state index contributed by atoms with van der Waals surface area (Å²) < 4.78 is 1.58. The molecule has 0 saturated carbocycles. The summed E-state index contributed by atoms with van der Waals surface area (Å²) in [5.41, 5.74) is 4.73. The standard InChI is InChI=1S/C28H36N6O5/c1-17(2)22-15-23(25(37)16-24(22)36)26-31-32-27(28(38)29-10-11-30-39)34(26)21-6-4-19(5-7-21)14-20-8-12-33(13-9-20)18(3)35/h4-7,15-17,20,30,36-37,39H,8-14H2,1-3H3,(H,29,38). The van der Waals surface area contributed by atoms with Gasteiger partial charge in [-0.3, -0.25) is 14.2 Å². The Morgan fingerprint density at radius 2 is 1.72 bits per heavy atom. The van der Waals surface area contributed by atoms with E-state index in [0.717, 1.165) is 37.9 Å². The molecule has 1 saturated heterocycles. The van der Waals surface area contributed by atoms with Gasteiger partial charge in [-0.15, -0.1) is 10.2 Å². The van der Waals surface area contributed by atoms with Crippen molar-refractivity contribution in [2.45, 2.75) is 46.0 Å². The molecule has 11 nitrogen and oxygen atoms in total. The first kappa shape index (κ1) is 28.1. The number of hydrogen-bond acceptors (Lipinski definition) is 8. The molecule has 2 aromatic carbocycles. The molecular formula is C28H36N6O5. The number of nitrogens with zero attached hydrogens (tertiary/aromatic N) is 4. The van der Waals surface area contributed by atoms with Crippen LogP contribution in [0.1, 0.15) is 61.3 Å². The first-order valence-electron chi connectivity index (χ1n) is 13.2. The summed E-state index contributed by atoms with van der Waals surface area (Å²) in [4.78, 5) is 26.5. The average Bonchev–Trinajstić information content (AvgIpc) is 3.34. The third-order valence-electron chi connectivity index (χ3n) is 7.18. The maximum atomic E-state index is 13.0. The second kappa shape index (κ2) is 12.3. The van der Waals surface area contributed by atoms with Crippen molar-refractivity contribution in [3.8, 4) is 28.6 Å². The Morgan fingerprint density at radius 3 is 2.33 bits per heavy atom. The summed E-state index contributed by atoms with van der Waals surface area (Å²) in [5, 5.41) is 41.0. The molecule has 3 aromatic rings. The van der Waals surface area contributed by atoms with Gasteiger partial charge < -0.3 is 25.6 Å². The van der Waals surface area contributed by atoms with Gasteiger partial charge in [-0.2, -0.15) is 0 Å². The molecule has 4 rings (SSSR count). The lowest BCUT2D eigenvalue weighted by Gasteiger charge is -2.31. The lowest BCUT2D eigenvalue weighted by atomic mass is 9.90. The van der Waals surface area contributed by atoms with E-state index in [0.29, 0.717) is 22.7 Å². The molecule has 0 aliphatic carbocycles. The number of carbonyl (C=O) groups excluding carboxylic acids is 2. The molecule has 208 valence electrons. The second-order valence-corrected chi connectivity index (χ2v) is 10.2. The molecule has 0 bridgehead atoms. The Morgan fingerprint density at radius 1 is 1.03 bits per heavy atom. The van der Waals surface area contributed by atoms with E-state index >= 15 is 0 Å². The molecule has 0 atom stereocenters. The maximum absolute atomic E-state index is 13.0. The number of aromatic nitrogens is 3. The van der Waals surface area contributed by atoms with Gasteiger partial charge in [0, 0.05) is 44.9 Å². The molecule has 2 heterocycles. The van der Waals surface area contributed by atoms with Gasteiger partial charge >= 0.3 is 0 Å². The summed E-state index contributed by atoms with van der Waals surface area (Å²) in [6.45, 7) is 7.35. The van der Waals surface area contributed by atoms with Crippen LogP contribution >= 0.6 is 0 Å². The van der Waals surface area contributed by atoms with Crippen molar-refractivity contribution in [1.29, 1.82) is 0 Å². The van der Waals surface area contributed by atoms with Crippen LogP contribution in [0.2, 0.25) is 0 Å². The molecule has 5 N–H and O–H groups in total. The van der Waals surface area contributed by atoms with E-state index < -0.39 is 5.91 Å². The molecular weight excluding hydrogens is 500 g/mol. The topological polar surface area (TPSA) is 153 Å². The highest BCUT2D eigenvalue weighted by atomic mass is 16.5. The Kier molecular flexibility index (Phi) is 8.82. The van der Waals surface area contributed by atoms with Crippen molar-refractivity contribution in [2.24, 2.45) is 5.92 Å². The van der Waals surface area contributed by atoms with Gasteiger partial charge in [0.15, 0.2) is 5.82 Å². The number of piperidine rings is 1. The van der Waals surface area contributed by atoms with Crippen LogP contribution in [0.5, 0.6) is 11.5 Å². The van der Waals surface area contributed by atoms with Crippen LogP contribution in [-0.4, -0.2) is 73.1 Å². The average molecular weight is 537 g/mol. The third-order valence-corrected chi connectivity index (χ3v) is 7.18. The van der Waals surface area contributed by atoms with Crippen LogP contribution in [-0.2, 0) is 11.2 Å². The van der Waals surface area contributed by atoms with E-state index in [4.69, 9.17) is 5.21 Å². The van der Waals surface area contributed by atoms with Crippen molar-refractivity contribution in [3.05, 3.63) is 53.3 Å². The zero-order valence-electron chi connectivity index (χ0n) is 22.5. The molecule has 0 unspecified atom stereocenters. The van der Waals surface area contributed by atoms with E-state index in [2.05, 4.69) is 15.5 Å². The molecule has 11 heteroatoms. The minimum atomic E-state index is -0.493. The van der Waals surface area contributed by atoms with E-state index in [-0.39, 0.29) is 48.1 Å². The molecule has 0 radical (unpaired) electrons. The fourth-order valence-corrected chi connectivity index (χ4v) is 4.96. The summed E-state index contributed by atoms with van der Waals surface area (Å²) in [7, 11) is 0. The van der Waals surface area contributed by atoms with Crippen LogP contribution in [0.15, 0.2) is 36.4 Å². The molecule has 1 fully saturated rings. The Hall–Kier alpha value is -3.96. The van der Waals surface area contributed by atoms with Crippen molar-refractivity contribution < 1.29 is 25.0 Å². The summed E-state index contributed by atoms with van der Waals surface area (Å²) >= 11 is 0. The summed E-state index contributed by atoms with van der Waals surface area (Å²) in [6.07, 6.45) is 2.81. The van der Waals surface area contributed by atoms with E-state index in [1.807, 2.05) is 48.5 Å². The number of benzene rings is 2. The fraction of sp³-hybridized carbons (Fsp3) is 0.429. The van der Waals surface area contributed by atoms with Crippen LogP contribution in [0, 0.1) is 5.92 Å². The number of nitrogens with one attached hydrogen (secondary N) is 2. The highest BCUT2D eigenvalue weighted by molar-refractivity contribution is 5.92. The Balaban J connectivity index is 1.67.